The Kier molecular flexibility index (Phi) is 63.2. The van der Waals surface area contributed by atoms with E-state index in [0.717, 1.165) is 122 Å². The van der Waals surface area contributed by atoms with Crippen LogP contribution in [0.25, 0.3) is 0 Å². The normalized spacial score (nSPS) is 12.6. The van der Waals surface area contributed by atoms with Gasteiger partial charge in [-0.15, -0.1) is 0 Å². The Morgan fingerprint density at radius 1 is 0.269 bits per heavy atom. The molecule has 6 heteroatoms. The fourth-order valence-electron chi connectivity index (χ4n) is 9.69. The summed E-state index contributed by atoms with van der Waals surface area (Å²) in [4.78, 5) is 38.3. The van der Waals surface area contributed by atoms with Gasteiger partial charge in [0.15, 0.2) is 6.10 Å². The highest BCUT2D eigenvalue weighted by Gasteiger charge is 2.19. The lowest BCUT2D eigenvalue weighted by atomic mass is 10.0. The number of allylic oxidation sites excluding steroid dienone is 14. The minimum absolute atomic E-state index is 0.0784. The van der Waals surface area contributed by atoms with E-state index in [4.69, 9.17) is 14.2 Å². The molecule has 0 aliphatic rings. The highest BCUT2D eigenvalue weighted by Crippen LogP contribution is 2.17. The molecule has 0 aliphatic heterocycles. The first-order valence-corrected chi connectivity index (χ1v) is 33.6. The first-order chi connectivity index (χ1) is 38.5. The Balaban J connectivity index is 4.18. The molecule has 6 nitrogen and oxygen atoms in total. The van der Waals surface area contributed by atoms with Gasteiger partial charge in [0.05, 0.1) is 0 Å². The largest absolute Gasteiger partial charge is 0.462 e. The first kappa shape index (κ1) is 74.6. The molecule has 0 heterocycles. The van der Waals surface area contributed by atoms with E-state index < -0.39 is 6.10 Å². The van der Waals surface area contributed by atoms with Crippen molar-refractivity contribution in [3.8, 4) is 0 Å². The van der Waals surface area contributed by atoms with Gasteiger partial charge in [-0.2, -0.15) is 0 Å². The maximum atomic E-state index is 12.9. The molecule has 0 amide bonds. The highest BCUT2D eigenvalue weighted by molar-refractivity contribution is 5.71. The quantitative estimate of drug-likeness (QED) is 0.0261. The zero-order chi connectivity index (χ0) is 56.4. The molecule has 0 N–H and O–H groups in total. The topological polar surface area (TPSA) is 78.9 Å². The smallest absolute Gasteiger partial charge is 0.306 e. The lowest BCUT2D eigenvalue weighted by molar-refractivity contribution is -0.167. The van der Waals surface area contributed by atoms with Crippen LogP contribution in [0.3, 0.4) is 0 Å². The van der Waals surface area contributed by atoms with Gasteiger partial charge in [-0.25, -0.2) is 0 Å². The number of hydrogen-bond acceptors (Lipinski definition) is 6. The summed E-state index contributed by atoms with van der Waals surface area (Å²) < 4.78 is 16.9. The zero-order valence-corrected chi connectivity index (χ0v) is 51.7. The Bertz CT molecular complexity index is 1480. The number of unbranched alkanes of at least 4 members (excludes halogenated alkanes) is 36. The second-order valence-electron chi connectivity index (χ2n) is 22.3. The van der Waals surface area contributed by atoms with Crippen LogP contribution in [0.15, 0.2) is 85.1 Å². The van der Waals surface area contributed by atoms with Crippen molar-refractivity contribution in [1.29, 1.82) is 0 Å². The number of esters is 3. The van der Waals surface area contributed by atoms with Crippen molar-refractivity contribution < 1.29 is 28.6 Å². The van der Waals surface area contributed by atoms with Gasteiger partial charge in [-0.3, -0.25) is 14.4 Å². The highest BCUT2D eigenvalue weighted by atomic mass is 16.6. The number of hydrogen-bond donors (Lipinski definition) is 0. The van der Waals surface area contributed by atoms with E-state index in [1.165, 1.54) is 173 Å². The van der Waals surface area contributed by atoms with Crippen LogP contribution < -0.4 is 0 Å². The number of carbonyl (C=O) groups is 3. The van der Waals surface area contributed by atoms with Crippen molar-refractivity contribution in [2.75, 3.05) is 13.2 Å². The monoisotopic (exact) mass is 1090 g/mol. The van der Waals surface area contributed by atoms with Crippen LogP contribution in [-0.2, 0) is 28.6 Å². The van der Waals surface area contributed by atoms with Gasteiger partial charge in [0.1, 0.15) is 13.2 Å². The second-order valence-corrected chi connectivity index (χ2v) is 22.3. The van der Waals surface area contributed by atoms with Crippen LogP contribution in [0, 0.1) is 0 Å². The third-order valence-electron chi connectivity index (χ3n) is 14.6. The molecule has 0 radical (unpaired) electrons. The first-order valence-electron chi connectivity index (χ1n) is 33.6. The van der Waals surface area contributed by atoms with Gasteiger partial charge in [0.2, 0.25) is 0 Å². The summed E-state index contributed by atoms with van der Waals surface area (Å²) in [6.45, 7) is 6.44. The lowest BCUT2D eigenvalue weighted by Gasteiger charge is -2.18. The molecule has 0 saturated heterocycles. The summed E-state index contributed by atoms with van der Waals surface area (Å²) >= 11 is 0. The molecule has 0 aliphatic carbocycles. The molecule has 1 atom stereocenters. The number of carbonyl (C=O) groups excluding carboxylic acids is 3. The van der Waals surface area contributed by atoms with Gasteiger partial charge < -0.3 is 14.2 Å². The SMILES string of the molecule is CC/C=C\C/C=C\C/C=C\C/C=C\CCCCCCCCCCCCCCCCCCCCC(=O)OCC(COC(=O)CCCCCCCCCCCCCCCC)OC(=O)CCCCCCC/C=C\C/C=C\C/C=C\CC. The molecule has 0 aromatic heterocycles. The molecule has 1 unspecified atom stereocenters. The van der Waals surface area contributed by atoms with Crippen LogP contribution in [0.5, 0.6) is 0 Å². The average Bonchev–Trinajstić information content (AvgIpc) is 3.44. The van der Waals surface area contributed by atoms with Gasteiger partial charge in [0.25, 0.3) is 0 Å². The summed E-state index contributed by atoms with van der Waals surface area (Å²) in [5.41, 5.74) is 0. The zero-order valence-electron chi connectivity index (χ0n) is 51.7. The molecule has 0 aromatic rings. The van der Waals surface area contributed by atoms with Gasteiger partial charge in [-0.1, -0.05) is 311 Å². The third kappa shape index (κ3) is 63.4. The minimum Gasteiger partial charge on any atom is -0.462 e. The molecular formula is C72H126O6. The van der Waals surface area contributed by atoms with Crippen molar-refractivity contribution in [2.24, 2.45) is 0 Å². The molecule has 0 aromatic carbocycles. The van der Waals surface area contributed by atoms with E-state index in [1.807, 2.05) is 0 Å². The van der Waals surface area contributed by atoms with E-state index >= 15 is 0 Å². The van der Waals surface area contributed by atoms with Crippen LogP contribution in [0.4, 0.5) is 0 Å². The maximum absolute atomic E-state index is 12.9. The predicted octanol–water partition coefficient (Wildman–Crippen LogP) is 23.1. The van der Waals surface area contributed by atoms with Gasteiger partial charge >= 0.3 is 17.9 Å². The van der Waals surface area contributed by atoms with E-state index in [-0.39, 0.29) is 31.1 Å². The summed E-state index contributed by atoms with van der Waals surface area (Å²) in [7, 11) is 0. The fourth-order valence-corrected chi connectivity index (χ4v) is 9.69. The van der Waals surface area contributed by atoms with Crippen molar-refractivity contribution in [3.63, 3.8) is 0 Å². The average molecular weight is 1090 g/mol. The van der Waals surface area contributed by atoms with Crippen LogP contribution in [0.2, 0.25) is 0 Å². The van der Waals surface area contributed by atoms with Gasteiger partial charge in [-0.05, 0) is 89.9 Å². The molecule has 0 bridgehead atoms. The number of rotatable bonds is 61. The summed E-state index contributed by atoms with van der Waals surface area (Å²) in [5.74, 6) is -0.878. The maximum Gasteiger partial charge on any atom is 0.306 e. The van der Waals surface area contributed by atoms with E-state index in [1.54, 1.807) is 0 Å². The Morgan fingerprint density at radius 2 is 0.500 bits per heavy atom. The second kappa shape index (κ2) is 66.1. The molecular weight excluding hydrogens is 961 g/mol. The number of ether oxygens (including phenoxy) is 3. The molecule has 0 fully saturated rings. The third-order valence-corrected chi connectivity index (χ3v) is 14.6. The van der Waals surface area contributed by atoms with E-state index in [9.17, 15) is 14.4 Å². The van der Waals surface area contributed by atoms with Crippen molar-refractivity contribution in [2.45, 2.75) is 341 Å². The lowest BCUT2D eigenvalue weighted by Crippen LogP contribution is -2.30. The van der Waals surface area contributed by atoms with Crippen LogP contribution in [-0.4, -0.2) is 37.2 Å². The van der Waals surface area contributed by atoms with Crippen molar-refractivity contribution in [1.82, 2.24) is 0 Å². The molecule has 78 heavy (non-hydrogen) atoms. The Morgan fingerprint density at radius 3 is 0.782 bits per heavy atom. The van der Waals surface area contributed by atoms with Crippen LogP contribution >= 0.6 is 0 Å². The summed E-state index contributed by atoms with van der Waals surface area (Å²) in [5, 5.41) is 0. The molecule has 0 spiro atoms. The molecule has 0 rings (SSSR count). The van der Waals surface area contributed by atoms with Gasteiger partial charge in [0, 0.05) is 19.3 Å². The van der Waals surface area contributed by atoms with E-state index in [2.05, 4.69) is 106 Å². The predicted molar refractivity (Wildman–Crippen MR) is 339 cm³/mol. The van der Waals surface area contributed by atoms with E-state index in [0.29, 0.717) is 19.3 Å². The standard InChI is InChI=1S/C72H126O6/c1-4-7-10-13-16-19-22-25-28-29-30-31-32-33-34-35-36-37-38-39-40-41-42-43-45-47-50-53-56-59-62-65-71(74)77-68-69(67-76-70(73)64-61-58-55-52-49-46-27-24-21-18-15-12-9-6-3)78-72(75)66-63-60-57-54-51-48-44-26-23-20-17-14-11-8-5-2/h7-8,10-11,16-17,19-20,25-26,28,30-31,44,69H,4-6,9,12-15,18,21-24,27,29,32-43,45-68H2,1-3H3/b10-7-,11-8-,19-16-,20-17-,28-25-,31-30-,44-26-. The summed E-state index contributed by atoms with van der Waals surface area (Å²) in [6, 6.07) is 0. The molecule has 0 saturated carbocycles. The Hall–Kier alpha value is -3.41. The Labute approximate surface area is 484 Å². The van der Waals surface area contributed by atoms with Crippen molar-refractivity contribution in [3.05, 3.63) is 85.1 Å². The fraction of sp³-hybridized carbons (Fsp3) is 0.764. The van der Waals surface area contributed by atoms with Crippen LogP contribution in [0.1, 0.15) is 335 Å². The molecule has 450 valence electrons. The summed E-state index contributed by atoms with van der Waals surface area (Å²) in [6.07, 6.45) is 87.5. The van der Waals surface area contributed by atoms with Crippen molar-refractivity contribution >= 4 is 17.9 Å². The minimum atomic E-state index is -0.783.